The lowest BCUT2D eigenvalue weighted by atomic mass is 10.0. The van der Waals surface area contributed by atoms with Gasteiger partial charge in [0.2, 0.25) is 0 Å². The first-order valence-corrected chi connectivity index (χ1v) is 8.67. The Hall–Kier alpha value is -2.16. The Bertz CT molecular complexity index is 684. The first-order chi connectivity index (χ1) is 11.4. The van der Waals surface area contributed by atoms with Gasteiger partial charge >= 0.3 is 0 Å². The smallest absolute Gasteiger partial charge is 0.122 e. The highest BCUT2D eigenvalue weighted by molar-refractivity contribution is 5.99. The highest BCUT2D eigenvalue weighted by Crippen LogP contribution is 2.57. The molecule has 1 unspecified atom stereocenters. The lowest BCUT2D eigenvalue weighted by Gasteiger charge is -2.15. The summed E-state index contributed by atoms with van der Waals surface area (Å²) in [5.74, 6) is 0.920. The molecule has 1 atom stereocenters. The lowest BCUT2D eigenvalue weighted by molar-refractivity contribution is 0.659. The maximum absolute atomic E-state index is 7.35. The van der Waals surface area contributed by atoms with Gasteiger partial charge in [0.05, 0.1) is 5.41 Å². The highest BCUT2D eigenvalue weighted by Gasteiger charge is 2.50. The van der Waals surface area contributed by atoms with Crippen molar-refractivity contribution in [1.29, 1.82) is 5.41 Å². The summed E-state index contributed by atoms with van der Waals surface area (Å²) in [6.07, 6.45) is 15.9. The fraction of sp³-hybridized carbons (Fsp3) is 0.429. The highest BCUT2D eigenvalue weighted by atomic mass is 15.1. The van der Waals surface area contributed by atoms with Gasteiger partial charge in [0.15, 0.2) is 0 Å². The number of hydrogen-bond donors (Lipinski definition) is 2. The Morgan fingerprint density at radius 1 is 1.42 bits per heavy atom. The molecule has 1 fully saturated rings. The predicted molar refractivity (Wildman–Crippen MR) is 105 cm³/mol. The van der Waals surface area contributed by atoms with Crippen molar-refractivity contribution in [3.05, 3.63) is 59.0 Å². The molecule has 0 aliphatic heterocycles. The molecule has 0 aromatic heterocycles. The molecule has 0 saturated heterocycles. The minimum atomic E-state index is 0.102. The van der Waals surface area contributed by atoms with E-state index in [2.05, 4.69) is 63.4 Å². The topological polar surface area (TPSA) is 48.2 Å². The molecule has 1 saturated carbocycles. The molecule has 0 amide bonds. The Morgan fingerprint density at radius 3 is 2.67 bits per heavy atom. The molecule has 128 valence electrons. The van der Waals surface area contributed by atoms with Crippen LogP contribution in [-0.2, 0) is 0 Å². The van der Waals surface area contributed by atoms with E-state index in [9.17, 15) is 0 Å². The molecule has 0 aromatic carbocycles. The van der Waals surface area contributed by atoms with Crippen LogP contribution >= 0.6 is 0 Å². The number of hydrogen-bond acceptors (Lipinski definition) is 3. The third kappa shape index (κ3) is 4.02. The van der Waals surface area contributed by atoms with Crippen LogP contribution in [0.3, 0.4) is 0 Å². The van der Waals surface area contributed by atoms with Gasteiger partial charge in [0.1, 0.15) is 5.82 Å². The minimum absolute atomic E-state index is 0.102. The third-order valence-electron chi connectivity index (χ3n) is 4.71. The molecule has 2 rings (SSSR count). The monoisotopic (exact) mass is 323 g/mol. The van der Waals surface area contributed by atoms with E-state index >= 15 is 0 Å². The standard InChI is InChI=1S/C21H29N3/c1-6-16(4)18(11-13-22)9-10-20(23-15(2)3)24-17(5)21-12-7-8-19(21)14-21/h6-8,10-13,15,22-23H,9,14H2,1-5H3/b16-6-,18-11-,20-10-,22-13?,24-17?. The quantitative estimate of drug-likeness (QED) is 0.473. The molecule has 3 heteroatoms. The van der Waals surface area contributed by atoms with Crippen LogP contribution < -0.4 is 5.32 Å². The van der Waals surface area contributed by atoms with Crippen LogP contribution in [0.15, 0.2) is 64.0 Å². The second kappa shape index (κ2) is 7.61. The number of aliphatic imine (C=N–C) groups is 1. The first kappa shape index (κ1) is 18.2. The Labute approximate surface area is 146 Å². The zero-order valence-corrected chi connectivity index (χ0v) is 15.5. The van der Waals surface area contributed by atoms with E-state index in [-0.39, 0.29) is 5.41 Å². The van der Waals surface area contributed by atoms with Crippen molar-refractivity contribution in [1.82, 2.24) is 5.32 Å². The summed E-state index contributed by atoms with van der Waals surface area (Å²) >= 11 is 0. The van der Waals surface area contributed by atoms with E-state index < -0.39 is 0 Å². The van der Waals surface area contributed by atoms with Crippen LogP contribution in [0, 0.1) is 10.8 Å². The number of allylic oxidation sites excluding steroid dienone is 9. The van der Waals surface area contributed by atoms with Crippen molar-refractivity contribution in [2.24, 2.45) is 10.4 Å². The van der Waals surface area contributed by atoms with Crippen molar-refractivity contribution in [3.63, 3.8) is 0 Å². The van der Waals surface area contributed by atoms with Gasteiger partial charge in [-0.3, -0.25) is 0 Å². The summed E-state index contributed by atoms with van der Waals surface area (Å²) in [6, 6.07) is 0.330. The van der Waals surface area contributed by atoms with Crippen molar-refractivity contribution in [2.75, 3.05) is 0 Å². The number of fused-ring (bicyclic) bond motifs is 1. The fourth-order valence-electron chi connectivity index (χ4n) is 3.01. The van der Waals surface area contributed by atoms with E-state index in [4.69, 9.17) is 10.4 Å². The van der Waals surface area contributed by atoms with Gasteiger partial charge in [-0.15, -0.1) is 0 Å². The molecule has 0 heterocycles. The predicted octanol–water partition coefficient (Wildman–Crippen LogP) is 5.11. The van der Waals surface area contributed by atoms with E-state index in [1.54, 1.807) is 0 Å². The molecule has 0 bridgehead atoms. The summed E-state index contributed by atoms with van der Waals surface area (Å²) in [7, 11) is 0. The van der Waals surface area contributed by atoms with Gasteiger partial charge in [-0.1, -0.05) is 35.5 Å². The van der Waals surface area contributed by atoms with Gasteiger partial charge in [-0.25, -0.2) is 4.99 Å². The summed E-state index contributed by atoms with van der Waals surface area (Å²) in [5, 5.41) is 10.8. The third-order valence-corrected chi connectivity index (χ3v) is 4.71. The number of nitrogens with one attached hydrogen (secondary N) is 2. The zero-order chi connectivity index (χ0) is 17.7. The molecular formula is C21H29N3. The fourth-order valence-corrected chi connectivity index (χ4v) is 3.01. The van der Waals surface area contributed by atoms with E-state index in [0.29, 0.717) is 6.04 Å². The Balaban J connectivity index is 2.22. The normalized spacial score (nSPS) is 24.2. The second-order valence-corrected chi connectivity index (χ2v) is 6.82. The molecular weight excluding hydrogens is 294 g/mol. The average molecular weight is 323 g/mol. The SMILES string of the molecule is C/C=C(C)\C(=C/C=N)C/C=C(\N=C(C)C12C=CC=C1C2)NC(C)C. The molecule has 2 N–H and O–H groups in total. The number of nitrogens with zero attached hydrogens (tertiary/aromatic N) is 1. The van der Waals surface area contributed by atoms with E-state index in [1.165, 1.54) is 17.4 Å². The molecule has 0 aromatic rings. The first-order valence-electron chi connectivity index (χ1n) is 8.67. The number of rotatable bonds is 8. The van der Waals surface area contributed by atoms with Gasteiger partial charge in [-0.05, 0) is 65.2 Å². The summed E-state index contributed by atoms with van der Waals surface area (Å²) in [4.78, 5) is 4.90. The van der Waals surface area contributed by atoms with Gasteiger partial charge < -0.3 is 10.7 Å². The van der Waals surface area contributed by atoms with Crippen LogP contribution in [0.4, 0.5) is 0 Å². The van der Waals surface area contributed by atoms with Gasteiger partial charge in [0.25, 0.3) is 0 Å². The second-order valence-electron chi connectivity index (χ2n) is 6.82. The van der Waals surface area contributed by atoms with Crippen molar-refractivity contribution in [2.45, 2.75) is 53.5 Å². The van der Waals surface area contributed by atoms with Crippen LogP contribution in [0.25, 0.3) is 0 Å². The summed E-state index contributed by atoms with van der Waals surface area (Å²) < 4.78 is 0. The zero-order valence-electron chi connectivity index (χ0n) is 15.5. The van der Waals surface area contributed by atoms with Gasteiger partial charge in [0, 0.05) is 18.0 Å². The molecule has 24 heavy (non-hydrogen) atoms. The Morgan fingerprint density at radius 2 is 2.17 bits per heavy atom. The van der Waals surface area contributed by atoms with Gasteiger partial charge in [-0.2, -0.15) is 0 Å². The van der Waals surface area contributed by atoms with Crippen molar-refractivity contribution < 1.29 is 0 Å². The molecule has 2 aliphatic carbocycles. The molecule has 0 radical (unpaired) electrons. The maximum Gasteiger partial charge on any atom is 0.122 e. The van der Waals surface area contributed by atoms with Crippen molar-refractivity contribution in [3.8, 4) is 0 Å². The van der Waals surface area contributed by atoms with E-state index in [0.717, 1.165) is 29.9 Å². The lowest BCUT2D eigenvalue weighted by Crippen LogP contribution is -2.22. The molecule has 0 spiro atoms. The van der Waals surface area contributed by atoms with Crippen LogP contribution in [0.2, 0.25) is 0 Å². The van der Waals surface area contributed by atoms with E-state index in [1.807, 2.05) is 13.0 Å². The molecule has 2 aliphatic rings. The molecule has 3 nitrogen and oxygen atoms in total. The summed E-state index contributed by atoms with van der Waals surface area (Å²) in [5.41, 5.74) is 5.08. The van der Waals surface area contributed by atoms with Crippen LogP contribution in [0.1, 0.15) is 47.5 Å². The summed E-state index contributed by atoms with van der Waals surface area (Å²) in [6.45, 7) is 10.5. The van der Waals surface area contributed by atoms with Crippen molar-refractivity contribution >= 4 is 11.9 Å². The largest absolute Gasteiger partial charge is 0.368 e. The Kier molecular flexibility index (Phi) is 5.76. The minimum Gasteiger partial charge on any atom is -0.368 e. The van der Waals surface area contributed by atoms with Crippen LogP contribution in [-0.4, -0.2) is 18.0 Å². The average Bonchev–Trinajstić information content (AvgIpc) is 3.11. The van der Waals surface area contributed by atoms with Crippen LogP contribution in [0.5, 0.6) is 0 Å². The maximum atomic E-state index is 7.35.